The molecular formula is C15H15N5O2. The molecule has 1 heterocycles. The van der Waals surface area contributed by atoms with Gasteiger partial charge in [0.05, 0.1) is 5.56 Å². The zero-order valence-corrected chi connectivity index (χ0v) is 12.3. The van der Waals surface area contributed by atoms with Crippen molar-refractivity contribution in [2.45, 2.75) is 13.8 Å². The van der Waals surface area contributed by atoms with Crippen molar-refractivity contribution in [2.24, 2.45) is 0 Å². The Hall–Kier alpha value is -3.14. The Bertz CT molecular complexity index is 704. The minimum atomic E-state index is -0.407. The fourth-order valence-corrected chi connectivity index (χ4v) is 1.77. The third kappa shape index (κ3) is 4.18. The second-order valence-corrected chi connectivity index (χ2v) is 4.54. The fourth-order valence-electron chi connectivity index (χ4n) is 1.77. The van der Waals surface area contributed by atoms with Gasteiger partial charge >= 0.3 is 0 Å². The maximum atomic E-state index is 11.7. The number of ether oxygens (including phenoxy) is 1. The third-order valence-corrected chi connectivity index (χ3v) is 2.66. The zero-order chi connectivity index (χ0) is 15.9. The van der Waals surface area contributed by atoms with Crippen molar-refractivity contribution in [3.8, 4) is 11.8 Å². The first-order valence-electron chi connectivity index (χ1n) is 6.57. The quantitative estimate of drug-likeness (QED) is 0.811. The Morgan fingerprint density at radius 1 is 1.27 bits per heavy atom. The summed E-state index contributed by atoms with van der Waals surface area (Å²) in [5.41, 5.74) is 7.03. The zero-order valence-electron chi connectivity index (χ0n) is 12.3. The van der Waals surface area contributed by atoms with E-state index in [-0.39, 0.29) is 6.61 Å². The van der Waals surface area contributed by atoms with Crippen LogP contribution in [0.3, 0.4) is 0 Å². The molecule has 0 aliphatic rings. The summed E-state index contributed by atoms with van der Waals surface area (Å²) in [5, 5.41) is 8.93. The van der Waals surface area contributed by atoms with Gasteiger partial charge in [-0.2, -0.15) is 5.26 Å². The molecule has 0 unspecified atom stereocenters. The molecule has 0 fully saturated rings. The van der Waals surface area contributed by atoms with Crippen LogP contribution in [0.15, 0.2) is 30.3 Å². The molecule has 0 aliphatic carbocycles. The molecule has 22 heavy (non-hydrogen) atoms. The number of benzene rings is 1. The summed E-state index contributed by atoms with van der Waals surface area (Å²) in [7, 11) is 0. The molecule has 0 saturated heterocycles. The van der Waals surface area contributed by atoms with Gasteiger partial charge in [0, 0.05) is 11.4 Å². The summed E-state index contributed by atoms with van der Waals surface area (Å²) >= 11 is 0. The standard InChI is InChI=1S/C15H15N5O2/c1-10-7-11(2)18-15(17-10)20-19-14(21)9-22-13-6-4-3-5-12(13)8-16/h3-7H,9H2,1-2H3,(H,19,21)(H,17,18,20). The molecule has 0 radical (unpaired) electrons. The van der Waals surface area contributed by atoms with Crippen molar-refractivity contribution in [3.05, 3.63) is 47.3 Å². The first-order valence-corrected chi connectivity index (χ1v) is 6.57. The predicted molar refractivity (Wildman–Crippen MR) is 79.9 cm³/mol. The van der Waals surface area contributed by atoms with Crippen LogP contribution in [0.5, 0.6) is 5.75 Å². The van der Waals surface area contributed by atoms with Crippen molar-refractivity contribution in [1.29, 1.82) is 5.26 Å². The molecule has 2 N–H and O–H groups in total. The van der Waals surface area contributed by atoms with Crippen molar-refractivity contribution in [1.82, 2.24) is 15.4 Å². The first kappa shape index (κ1) is 15.3. The first-order chi connectivity index (χ1) is 10.6. The molecule has 1 aromatic heterocycles. The van der Waals surface area contributed by atoms with Crippen LogP contribution in [0.25, 0.3) is 0 Å². The Balaban J connectivity index is 1.87. The van der Waals surface area contributed by atoms with Gasteiger partial charge in [0.25, 0.3) is 5.91 Å². The van der Waals surface area contributed by atoms with Gasteiger partial charge in [-0.05, 0) is 32.0 Å². The minimum Gasteiger partial charge on any atom is -0.482 e. The molecule has 0 saturated carbocycles. The van der Waals surface area contributed by atoms with Gasteiger partial charge in [-0.15, -0.1) is 0 Å². The number of hydrogen-bond donors (Lipinski definition) is 2. The lowest BCUT2D eigenvalue weighted by molar-refractivity contribution is -0.122. The normalized spacial score (nSPS) is 9.68. The largest absolute Gasteiger partial charge is 0.482 e. The molecule has 0 bridgehead atoms. The van der Waals surface area contributed by atoms with E-state index in [4.69, 9.17) is 10.00 Å². The van der Waals surface area contributed by atoms with Gasteiger partial charge < -0.3 is 4.74 Å². The average molecular weight is 297 g/mol. The molecule has 2 aromatic rings. The summed E-state index contributed by atoms with van der Waals surface area (Å²) in [6.07, 6.45) is 0. The van der Waals surface area contributed by atoms with Crippen molar-refractivity contribution in [3.63, 3.8) is 0 Å². The molecule has 1 amide bonds. The van der Waals surface area contributed by atoms with E-state index < -0.39 is 5.91 Å². The van der Waals surface area contributed by atoms with Crippen LogP contribution in [0, 0.1) is 25.2 Å². The third-order valence-electron chi connectivity index (χ3n) is 2.66. The number of carbonyl (C=O) groups is 1. The van der Waals surface area contributed by atoms with E-state index in [0.717, 1.165) is 11.4 Å². The highest BCUT2D eigenvalue weighted by Gasteiger charge is 2.07. The predicted octanol–water partition coefficient (Wildman–Crippen LogP) is 1.49. The van der Waals surface area contributed by atoms with E-state index in [0.29, 0.717) is 17.3 Å². The number of nitrogens with one attached hydrogen (secondary N) is 2. The lowest BCUT2D eigenvalue weighted by Crippen LogP contribution is -2.34. The topological polar surface area (TPSA) is 99.9 Å². The number of nitrogens with zero attached hydrogens (tertiary/aromatic N) is 3. The number of anilines is 1. The number of amides is 1. The Morgan fingerprint density at radius 2 is 1.95 bits per heavy atom. The lowest BCUT2D eigenvalue weighted by atomic mass is 10.2. The van der Waals surface area contributed by atoms with Crippen LogP contribution in [0.2, 0.25) is 0 Å². The van der Waals surface area contributed by atoms with Gasteiger partial charge in [-0.3, -0.25) is 15.6 Å². The van der Waals surface area contributed by atoms with Crippen molar-refractivity contribution in [2.75, 3.05) is 12.0 Å². The molecule has 0 atom stereocenters. The van der Waals surface area contributed by atoms with Gasteiger partial charge in [0.2, 0.25) is 5.95 Å². The molecule has 7 heteroatoms. The van der Waals surface area contributed by atoms with Crippen LogP contribution in [-0.4, -0.2) is 22.5 Å². The summed E-state index contributed by atoms with van der Waals surface area (Å²) < 4.78 is 5.31. The summed E-state index contributed by atoms with van der Waals surface area (Å²) in [6, 6.07) is 10.5. The van der Waals surface area contributed by atoms with Gasteiger partial charge in [-0.25, -0.2) is 9.97 Å². The second kappa shape index (κ2) is 7.04. The second-order valence-electron chi connectivity index (χ2n) is 4.54. The lowest BCUT2D eigenvalue weighted by Gasteiger charge is -2.10. The number of carbonyl (C=O) groups excluding carboxylic acids is 1. The van der Waals surface area contributed by atoms with Crippen LogP contribution in [0.4, 0.5) is 5.95 Å². The average Bonchev–Trinajstić information content (AvgIpc) is 2.50. The van der Waals surface area contributed by atoms with Crippen LogP contribution >= 0.6 is 0 Å². The highest BCUT2D eigenvalue weighted by Crippen LogP contribution is 2.16. The fraction of sp³-hybridized carbons (Fsp3) is 0.200. The van der Waals surface area contributed by atoms with E-state index in [1.807, 2.05) is 26.0 Å². The highest BCUT2D eigenvalue weighted by atomic mass is 16.5. The number of para-hydroxylation sites is 1. The number of rotatable bonds is 5. The molecule has 0 spiro atoms. The summed E-state index contributed by atoms with van der Waals surface area (Å²) in [6.45, 7) is 3.45. The summed E-state index contributed by atoms with van der Waals surface area (Å²) in [4.78, 5) is 20.0. The molecule has 7 nitrogen and oxygen atoms in total. The van der Waals surface area contributed by atoms with E-state index >= 15 is 0 Å². The number of nitriles is 1. The van der Waals surface area contributed by atoms with Gasteiger partial charge in [0.15, 0.2) is 6.61 Å². The Kier molecular flexibility index (Phi) is 4.88. The molecule has 1 aromatic carbocycles. The molecular weight excluding hydrogens is 282 g/mol. The van der Waals surface area contributed by atoms with E-state index in [1.165, 1.54) is 0 Å². The smallest absolute Gasteiger partial charge is 0.276 e. The maximum absolute atomic E-state index is 11.7. The minimum absolute atomic E-state index is 0.226. The number of hydrogen-bond acceptors (Lipinski definition) is 6. The molecule has 0 aliphatic heterocycles. The van der Waals surface area contributed by atoms with Crippen molar-refractivity contribution < 1.29 is 9.53 Å². The SMILES string of the molecule is Cc1cc(C)nc(NNC(=O)COc2ccccc2C#N)n1. The van der Waals surface area contributed by atoms with Gasteiger partial charge in [0.1, 0.15) is 11.8 Å². The maximum Gasteiger partial charge on any atom is 0.276 e. The Labute approximate surface area is 127 Å². The van der Waals surface area contributed by atoms with Crippen LogP contribution < -0.4 is 15.6 Å². The van der Waals surface area contributed by atoms with Crippen LogP contribution in [0.1, 0.15) is 17.0 Å². The van der Waals surface area contributed by atoms with Crippen LogP contribution in [-0.2, 0) is 4.79 Å². The summed E-state index contributed by atoms with van der Waals surface area (Å²) in [5.74, 6) is 0.265. The number of aromatic nitrogens is 2. The monoisotopic (exact) mass is 297 g/mol. The van der Waals surface area contributed by atoms with E-state index in [1.54, 1.807) is 24.3 Å². The van der Waals surface area contributed by atoms with Gasteiger partial charge in [-0.1, -0.05) is 12.1 Å². The highest BCUT2D eigenvalue weighted by molar-refractivity contribution is 5.78. The molecule has 112 valence electrons. The molecule has 2 rings (SSSR count). The Morgan fingerprint density at radius 3 is 2.64 bits per heavy atom. The van der Waals surface area contributed by atoms with E-state index in [2.05, 4.69) is 20.8 Å². The van der Waals surface area contributed by atoms with E-state index in [9.17, 15) is 4.79 Å². The number of hydrazine groups is 1. The van der Waals surface area contributed by atoms with Crippen molar-refractivity contribution >= 4 is 11.9 Å². The number of aryl methyl sites for hydroxylation is 2.